The molecule has 0 radical (unpaired) electrons. The van der Waals surface area contributed by atoms with E-state index in [9.17, 15) is 9.59 Å². The number of hydrogen-bond acceptors (Lipinski definition) is 8. The van der Waals surface area contributed by atoms with Crippen LogP contribution in [-0.4, -0.2) is 55.7 Å². The van der Waals surface area contributed by atoms with Crippen molar-refractivity contribution in [3.63, 3.8) is 0 Å². The van der Waals surface area contributed by atoms with E-state index in [1.54, 1.807) is 6.20 Å². The summed E-state index contributed by atoms with van der Waals surface area (Å²) in [5, 5.41) is 7.55. The number of carbonyl (C=O) groups is 1. The number of nitrogens with zero attached hydrogens (tertiary/aromatic N) is 5. The maximum atomic E-state index is 13.2. The number of halogens is 1. The van der Waals surface area contributed by atoms with E-state index in [2.05, 4.69) is 36.5 Å². The highest BCUT2D eigenvalue weighted by atomic mass is 79.9. The number of rotatable bonds is 4. The second kappa shape index (κ2) is 10.4. The van der Waals surface area contributed by atoms with E-state index >= 15 is 0 Å². The third kappa shape index (κ3) is 4.98. The van der Waals surface area contributed by atoms with Crippen molar-refractivity contribution in [3.05, 3.63) is 50.5 Å². The molecule has 212 valence electrons. The summed E-state index contributed by atoms with van der Waals surface area (Å²) in [6.45, 7) is 10.0. The number of fused-ring (bicyclic) bond motifs is 2. The highest BCUT2D eigenvalue weighted by molar-refractivity contribution is 9.10. The zero-order chi connectivity index (χ0) is 28.2. The molecule has 1 aliphatic carbocycles. The molecule has 3 atom stereocenters. The van der Waals surface area contributed by atoms with Crippen LogP contribution in [0.2, 0.25) is 0 Å². The van der Waals surface area contributed by atoms with Gasteiger partial charge in [0.1, 0.15) is 17.1 Å². The fourth-order valence-electron chi connectivity index (χ4n) is 6.49. The second-order valence-electron chi connectivity index (χ2n) is 12.2. The lowest BCUT2D eigenvalue weighted by Gasteiger charge is -2.30. The maximum absolute atomic E-state index is 13.2. The number of nitrogens with one attached hydrogen (secondary N) is 2. The molecule has 5 heterocycles. The van der Waals surface area contributed by atoms with E-state index in [0.29, 0.717) is 40.3 Å². The van der Waals surface area contributed by atoms with E-state index in [-0.39, 0.29) is 23.7 Å². The van der Waals surface area contributed by atoms with Gasteiger partial charge in [0.25, 0.3) is 5.56 Å². The molecule has 1 amide bonds. The van der Waals surface area contributed by atoms with Crippen molar-refractivity contribution in [3.8, 4) is 0 Å². The Labute approximate surface area is 242 Å². The average Bonchev–Trinajstić information content (AvgIpc) is 3.65. The lowest BCUT2D eigenvalue weighted by atomic mass is 9.90. The summed E-state index contributed by atoms with van der Waals surface area (Å²) in [4.78, 5) is 42.2. The highest BCUT2D eigenvalue weighted by Gasteiger charge is 2.48. The minimum atomic E-state index is -0.555. The van der Waals surface area contributed by atoms with Gasteiger partial charge in [-0.25, -0.2) is 14.8 Å². The molecule has 6 rings (SSSR count). The summed E-state index contributed by atoms with van der Waals surface area (Å²) in [5.41, 5.74) is 1.86. The predicted octanol–water partition coefficient (Wildman–Crippen LogP) is 5.24. The van der Waals surface area contributed by atoms with Crippen molar-refractivity contribution in [2.24, 2.45) is 11.8 Å². The number of ether oxygens (including phenoxy) is 1. The van der Waals surface area contributed by atoms with Gasteiger partial charge in [-0.15, -0.1) is 0 Å². The summed E-state index contributed by atoms with van der Waals surface area (Å²) < 4.78 is 8.14. The van der Waals surface area contributed by atoms with Gasteiger partial charge in [0.2, 0.25) is 5.95 Å². The third-order valence-electron chi connectivity index (χ3n) is 8.39. The SMILES string of the molecule is Cc1c(Br)c(=O)n(C2CCCC2)c2nc(Nc3ccc(C4C5CNCC5CN4C(=O)OC(C)(C)C)cn3)ncc12. The van der Waals surface area contributed by atoms with Crippen LogP contribution in [0.15, 0.2) is 33.8 Å². The van der Waals surface area contributed by atoms with Crippen molar-refractivity contribution >= 4 is 44.8 Å². The number of carbonyl (C=O) groups excluding carboxylic acids is 1. The fourth-order valence-corrected chi connectivity index (χ4v) is 6.89. The molecular weight excluding hydrogens is 574 g/mol. The van der Waals surface area contributed by atoms with Gasteiger partial charge in [-0.2, -0.15) is 4.98 Å². The molecule has 0 spiro atoms. The quantitative estimate of drug-likeness (QED) is 0.412. The molecule has 3 fully saturated rings. The van der Waals surface area contributed by atoms with Gasteiger partial charge in [-0.3, -0.25) is 9.36 Å². The van der Waals surface area contributed by atoms with Crippen LogP contribution < -0.4 is 16.2 Å². The Balaban J connectivity index is 1.28. The van der Waals surface area contributed by atoms with Gasteiger partial charge in [0.05, 0.1) is 10.5 Å². The molecule has 0 aromatic carbocycles. The summed E-state index contributed by atoms with van der Waals surface area (Å²) in [6.07, 6.45) is 7.48. The van der Waals surface area contributed by atoms with Crippen molar-refractivity contribution in [2.75, 3.05) is 25.0 Å². The van der Waals surface area contributed by atoms with Crippen molar-refractivity contribution < 1.29 is 9.53 Å². The summed E-state index contributed by atoms with van der Waals surface area (Å²) >= 11 is 3.50. The standard InChI is InChI=1S/C29H36BrN7O3/c1-16-20-14-33-27(35-25(20)37(26(38)23(16)30)19-7-5-6-8-19)34-22-10-9-17(12-32-22)24-21-13-31-11-18(21)15-36(24)28(39)40-29(2,3)4/h9-10,12,14,18-19,21,24,31H,5-8,11,13,15H2,1-4H3,(H,32,33,34,35). The smallest absolute Gasteiger partial charge is 0.410 e. The predicted molar refractivity (Wildman–Crippen MR) is 157 cm³/mol. The Morgan fingerprint density at radius 3 is 2.62 bits per heavy atom. The Kier molecular flexibility index (Phi) is 7.06. The number of hydrogen-bond donors (Lipinski definition) is 2. The van der Waals surface area contributed by atoms with Gasteiger partial charge in [0.15, 0.2) is 0 Å². The van der Waals surface area contributed by atoms with E-state index in [1.165, 1.54) is 0 Å². The number of likely N-dealkylation sites (tertiary alicyclic amines) is 1. The third-order valence-corrected chi connectivity index (χ3v) is 9.32. The zero-order valence-electron chi connectivity index (χ0n) is 23.4. The van der Waals surface area contributed by atoms with Crippen LogP contribution in [-0.2, 0) is 4.74 Å². The fraction of sp³-hybridized carbons (Fsp3) is 0.552. The minimum Gasteiger partial charge on any atom is -0.444 e. The first-order valence-electron chi connectivity index (χ1n) is 14.1. The average molecular weight is 611 g/mol. The Morgan fingerprint density at radius 2 is 1.93 bits per heavy atom. The normalized spacial score (nSPS) is 23.1. The molecule has 11 heteroatoms. The Hall–Kier alpha value is -3.05. The van der Waals surface area contributed by atoms with Crippen molar-refractivity contribution in [1.82, 2.24) is 29.7 Å². The molecule has 3 aliphatic rings. The molecule has 2 N–H and O–H groups in total. The number of aromatic nitrogens is 4. The van der Waals surface area contributed by atoms with Crippen LogP contribution in [0.5, 0.6) is 0 Å². The summed E-state index contributed by atoms with van der Waals surface area (Å²) in [7, 11) is 0. The summed E-state index contributed by atoms with van der Waals surface area (Å²) in [5.74, 6) is 1.68. The molecule has 3 aromatic rings. The van der Waals surface area contributed by atoms with Gasteiger partial charge < -0.3 is 20.3 Å². The summed E-state index contributed by atoms with van der Waals surface area (Å²) in [6, 6.07) is 3.94. The number of amides is 1. The Bertz CT molecular complexity index is 1490. The van der Waals surface area contributed by atoms with Gasteiger partial charge in [-0.05, 0) is 79.6 Å². The highest BCUT2D eigenvalue weighted by Crippen LogP contribution is 2.43. The van der Waals surface area contributed by atoms with Crippen LogP contribution in [0.25, 0.3) is 11.0 Å². The monoisotopic (exact) mass is 609 g/mol. The molecular formula is C29H36BrN7O3. The largest absolute Gasteiger partial charge is 0.444 e. The molecule has 3 unspecified atom stereocenters. The van der Waals surface area contributed by atoms with Crippen LogP contribution in [0.1, 0.15) is 69.7 Å². The van der Waals surface area contributed by atoms with Crippen molar-refractivity contribution in [1.29, 1.82) is 0 Å². The molecule has 2 saturated heterocycles. The molecule has 2 aliphatic heterocycles. The molecule has 0 bridgehead atoms. The lowest BCUT2D eigenvalue weighted by molar-refractivity contribution is 0.0201. The molecule has 1 saturated carbocycles. The van der Waals surface area contributed by atoms with E-state index < -0.39 is 5.60 Å². The molecule has 10 nitrogen and oxygen atoms in total. The lowest BCUT2D eigenvalue weighted by Crippen LogP contribution is -2.38. The van der Waals surface area contributed by atoms with Crippen LogP contribution in [0.3, 0.4) is 0 Å². The number of pyridine rings is 2. The van der Waals surface area contributed by atoms with Crippen LogP contribution in [0.4, 0.5) is 16.6 Å². The van der Waals surface area contributed by atoms with E-state index in [1.807, 2.05) is 55.5 Å². The molecule has 40 heavy (non-hydrogen) atoms. The minimum absolute atomic E-state index is 0.0464. The second-order valence-corrected chi connectivity index (χ2v) is 13.0. The first kappa shape index (κ1) is 27.1. The van der Waals surface area contributed by atoms with E-state index in [0.717, 1.165) is 55.3 Å². The van der Waals surface area contributed by atoms with Crippen molar-refractivity contribution in [2.45, 2.75) is 71.1 Å². The van der Waals surface area contributed by atoms with Crippen LogP contribution in [0, 0.1) is 18.8 Å². The topological polar surface area (TPSA) is 114 Å². The Morgan fingerprint density at radius 1 is 1.15 bits per heavy atom. The maximum Gasteiger partial charge on any atom is 0.410 e. The van der Waals surface area contributed by atoms with E-state index in [4.69, 9.17) is 9.72 Å². The van der Waals surface area contributed by atoms with Gasteiger partial charge in [-0.1, -0.05) is 18.9 Å². The first-order valence-corrected chi connectivity index (χ1v) is 14.9. The van der Waals surface area contributed by atoms with Crippen LogP contribution >= 0.6 is 15.9 Å². The number of aryl methyl sites for hydroxylation is 1. The first-order chi connectivity index (χ1) is 19.1. The van der Waals surface area contributed by atoms with Gasteiger partial charge >= 0.3 is 6.09 Å². The zero-order valence-corrected chi connectivity index (χ0v) is 25.0. The van der Waals surface area contributed by atoms with Gasteiger partial charge in [0, 0.05) is 49.4 Å². The number of anilines is 2. The molecule has 3 aromatic heterocycles.